The number of nitrogens with zero attached hydrogens (tertiary/aromatic N) is 8. The fourth-order valence-electron chi connectivity index (χ4n) is 5.84. The van der Waals surface area contributed by atoms with Crippen molar-refractivity contribution >= 4 is 34.1 Å². The second-order valence-corrected chi connectivity index (χ2v) is 11.3. The first kappa shape index (κ1) is 37.8. The lowest BCUT2D eigenvalue weighted by molar-refractivity contribution is -0.143. The third-order valence-electron chi connectivity index (χ3n) is 8.32. The summed E-state index contributed by atoms with van der Waals surface area (Å²) in [5.74, 6) is 0.175. The maximum Gasteiger partial charge on any atom is 0.287 e. The lowest BCUT2D eigenvalue weighted by atomic mass is 10.1. The maximum atomic E-state index is 14.0. The molecule has 51 heavy (non-hydrogen) atoms. The Morgan fingerprint density at radius 3 is 2.06 bits per heavy atom. The molecule has 22 heteroatoms. The number of imidazole rings is 3. The van der Waals surface area contributed by atoms with Gasteiger partial charge in [0.25, 0.3) is 11.1 Å². The minimum Gasteiger partial charge on any atom is -0.394 e. The molecule has 20 nitrogen and oxygen atoms in total. The Morgan fingerprint density at radius 1 is 0.922 bits per heavy atom. The predicted molar refractivity (Wildman–Crippen MR) is 173 cm³/mol. The normalized spacial score (nSPS) is 26.3. The largest absolute Gasteiger partial charge is 0.394 e. The van der Waals surface area contributed by atoms with Crippen LogP contribution in [-0.2, 0) is 25.5 Å². The first-order valence-corrected chi connectivity index (χ1v) is 15.6. The number of nitrogens with one attached hydrogen (secondary N) is 1. The quantitative estimate of drug-likeness (QED) is 0.0920. The Bertz CT molecular complexity index is 2060. The monoisotopic (exact) mass is 726 g/mol. The molecule has 0 bridgehead atoms. The summed E-state index contributed by atoms with van der Waals surface area (Å²) in [4.78, 5) is 44.2. The van der Waals surface area contributed by atoms with E-state index in [4.69, 9.17) is 34.9 Å². The number of aliphatic hydroxyl groups is 4. The average molecular weight is 727 g/mol. The van der Waals surface area contributed by atoms with Crippen LogP contribution in [0.5, 0.6) is 0 Å². The van der Waals surface area contributed by atoms with Crippen molar-refractivity contribution in [3.63, 3.8) is 0 Å². The van der Waals surface area contributed by atoms with E-state index >= 15 is 0 Å². The Kier molecular flexibility index (Phi) is 11.5. The average Bonchev–Trinajstić information content (AvgIpc) is 3.93. The summed E-state index contributed by atoms with van der Waals surface area (Å²) in [7, 11) is 0. The standard InChI is InChI=1S/C16H24FN5O6.C12H12FN5O4.CH4/c1-3-26-9(27-4-2)5-21-14(25)11-13(20-16(21)18)22(7-19-11)15-12(24)10(17)8(6-23)28-15;13-6-5(3-19)22-11(8(6)20)18-4-15-7-9(18)16-12-14-1-2-17(12)10(7)21;/h7-10,12,15,23-24H,3-6H2,1-2H3,(H2,18,20);1-2,4-6,8,11,19-20H,3H2,(H,14,16);1H4/t8-,10-,12-,15-;5-,6-,8-,11-;/m11./s1. The Balaban J connectivity index is 0.000000199. The molecule has 0 saturated carbocycles. The smallest absolute Gasteiger partial charge is 0.287 e. The van der Waals surface area contributed by atoms with E-state index in [1.165, 1.54) is 43.2 Å². The molecule has 2 aliphatic heterocycles. The summed E-state index contributed by atoms with van der Waals surface area (Å²) in [5, 5.41) is 38.3. The molecule has 2 aliphatic rings. The minimum atomic E-state index is -1.79. The molecule has 0 spiro atoms. The number of H-pyrrole nitrogens is 1. The number of nitrogens with two attached hydrogens (primary N) is 1. The maximum absolute atomic E-state index is 14.0. The van der Waals surface area contributed by atoms with Gasteiger partial charge in [0.15, 0.2) is 47.8 Å². The van der Waals surface area contributed by atoms with Crippen LogP contribution >= 0.6 is 0 Å². The zero-order valence-corrected chi connectivity index (χ0v) is 26.7. The zero-order chi connectivity index (χ0) is 35.9. The molecule has 7 rings (SSSR count). The highest BCUT2D eigenvalue weighted by Crippen LogP contribution is 2.34. The summed E-state index contributed by atoms with van der Waals surface area (Å²) in [5.41, 5.74) is 5.42. The van der Waals surface area contributed by atoms with E-state index in [0.717, 1.165) is 0 Å². The summed E-state index contributed by atoms with van der Waals surface area (Å²) >= 11 is 0. The number of hydrogen-bond acceptors (Lipinski definition) is 15. The van der Waals surface area contributed by atoms with E-state index in [1.54, 1.807) is 13.8 Å². The first-order valence-electron chi connectivity index (χ1n) is 15.6. The number of anilines is 1. The Morgan fingerprint density at radius 2 is 1.49 bits per heavy atom. The van der Waals surface area contributed by atoms with Crippen molar-refractivity contribution in [3.8, 4) is 0 Å². The molecule has 0 aromatic carbocycles. The molecular weight excluding hydrogens is 686 g/mol. The molecule has 2 fully saturated rings. The molecule has 5 aromatic heterocycles. The zero-order valence-electron chi connectivity index (χ0n) is 26.7. The molecule has 2 saturated heterocycles. The van der Waals surface area contributed by atoms with Gasteiger partial charge in [0.2, 0.25) is 11.7 Å². The fourth-order valence-corrected chi connectivity index (χ4v) is 5.84. The number of halogens is 2. The van der Waals surface area contributed by atoms with Gasteiger partial charge < -0.3 is 50.1 Å². The van der Waals surface area contributed by atoms with Gasteiger partial charge in [-0.25, -0.2) is 28.1 Å². The van der Waals surface area contributed by atoms with Crippen molar-refractivity contribution < 1.29 is 48.2 Å². The van der Waals surface area contributed by atoms with Crippen LogP contribution in [0.1, 0.15) is 33.7 Å². The van der Waals surface area contributed by atoms with Gasteiger partial charge in [0.05, 0.1) is 32.4 Å². The number of hydrogen-bond donors (Lipinski definition) is 6. The van der Waals surface area contributed by atoms with E-state index in [-0.39, 0.29) is 47.8 Å². The van der Waals surface area contributed by atoms with E-state index in [0.29, 0.717) is 19.0 Å². The number of fused-ring (bicyclic) bond motifs is 3. The van der Waals surface area contributed by atoms with Gasteiger partial charge >= 0.3 is 0 Å². The topological polar surface area (TPSA) is 265 Å². The predicted octanol–water partition coefficient (Wildman–Crippen LogP) is -1.24. The van der Waals surface area contributed by atoms with Gasteiger partial charge in [-0.1, -0.05) is 7.43 Å². The summed E-state index contributed by atoms with van der Waals surface area (Å²) in [6.07, 6.45) is -6.39. The van der Waals surface area contributed by atoms with Crippen molar-refractivity contribution in [1.82, 2.24) is 43.0 Å². The van der Waals surface area contributed by atoms with Crippen molar-refractivity contribution in [1.29, 1.82) is 0 Å². The summed E-state index contributed by atoms with van der Waals surface area (Å²) in [6, 6.07) is 0. The highest BCUT2D eigenvalue weighted by Gasteiger charge is 2.46. The molecule has 7 heterocycles. The van der Waals surface area contributed by atoms with E-state index < -0.39 is 74.3 Å². The highest BCUT2D eigenvalue weighted by molar-refractivity contribution is 5.72. The first-order chi connectivity index (χ1) is 24.0. The molecule has 0 amide bonds. The van der Waals surface area contributed by atoms with Gasteiger partial charge in [-0.05, 0) is 13.8 Å². The summed E-state index contributed by atoms with van der Waals surface area (Å²) < 4.78 is 54.4. The van der Waals surface area contributed by atoms with E-state index in [9.17, 15) is 28.6 Å². The van der Waals surface area contributed by atoms with Crippen molar-refractivity contribution in [2.75, 3.05) is 32.2 Å². The molecule has 0 unspecified atom stereocenters. The van der Waals surface area contributed by atoms with Gasteiger partial charge in [-0.15, -0.1) is 0 Å². The van der Waals surface area contributed by atoms with Crippen LogP contribution in [0.25, 0.3) is 28.1 Å². The van der Waals surface area contributed by atoms with Crippen LogP contribution in [0.4, 0.5) is 14.7 Å². The molecule has 0 radical (unpaired) electrons. The number of ether oxygens (including phenoxy) is 4. The summed E-state index contributed by atoms with van der Waals surface area (Å²) in [6.45, 7) is 3.23. The number of rotatable bonds is 10. The molecule has 7 N–H and O–H groups in total. The molecule has 5 aromatic rings. The van der Waals surface area contributed by atoms with Crippen LogP contribution in [0.2, 0.25) is 0 Å². The van der Waals surface area contributed by atoms with E-state index in [2.05, 4.69) is 24.9 Å². The van der Waals surface area contributed by atoms with Crippen molar-refractivity contribution in [2.24, 2.45) is 0 Å². The third-order valence-corrected chi connectivity index (χ3v) is 8.32. The molecule has 0 aliphatic carbocycles. The van der Waals surface area contributed by atoms with Gasteiger partial charge in [0, 0.05) is 25.6 Å². The highest BCUT2D eigenvalue weighted by atomic mass is 19.1. The third kappa shape index (κ3) is 6.71. The lowest BCUT2D eigenvalue weighted by Crippen LogP contribution is -2.33. The van der Waals surface area contributed by atoms with Crippen LogP contribution in [0.3, 0.4) is 0 Å². The van der Waals surface area contributed by atoms with Crippen LogP contribution in [-0.4, -0.2) is 133 Å². The molecule has 8 atom stereocenters. The number of aromatic nitrogens is 9. The molecular formula is C29H40F2N10O10. The number of aliphatic hydroxyl groups excluding tert-OH is 4. The van der Waals surface area contributed by atoms with Gasteiger partial charge in [-0.3, -0.25) is 23.3 Å². The SMILES string of the molecule is C.CCOC(Cn1c(N)nc2c(ncn2[C@@H]2O[C@H](CO)[C@@H](F)[C@H]2O)c1=O)OCC.O=c1c2ncn([C@@H]3O[C@H](CO)[C@@H](F)[C@H]3O)c2[nH]c2nccn12. The van der Waals surface area contributed by atoms with Crippen LogP contribution < -0.4 is 16.9 Å². The molecule has 280 valence electrons. The van der Waals surface area contributed by atoms with Crippen molar-refractivity contribution in [3.05, 3.63) is 45.8 Å². The second-order valence-electron chi connectivity index (χ2n) is 11.3. The van der Waals surface area contributed by atoms with Crippen LogP contribution in [0.15, 0.2) is 34.6 Å². The Labute approximate surface area is 286 Å². The van der Waals surface area contributed by atoms with Crippen molar-refractivity contribution in [2.45, 2.75) is 83.3 Å². The minimum absolute atomic E-state index is 0. The van der Waals surface area contributed by atoms with Gasteiger partial charge in [0.1, 0.15) is 30.1 Å². The number of nitrogen functional groups attached to an aromatic ring is 1. The van der Waals surface area contributed by atoms with E-state index in [1.807, 2.05) is 0 Å². The fraction of sp³-hybridized carbons (Fsp3) is 0.586. The lowest BCUT2D eigenvalue weighted by Gasteiger charge is -2.19. The Hall–Kier alpha value is -4.42. The second kappa shape index (κ2) is 15.4. The van der Waals surface area contributed by atoms with Gasteiger partial charge in [-0.2, -0.15) is 4.98 Å². The number of aromatic amines is 1. The number of alkyl halides is 2. The van der Waals surface area contributed by atoms with Crippen LogP contribution in [0, 0.1) is 0 Å².